The van der Waals surface area contributed by atoms with E-state index in [1.165, 1.54) is 35.5 Å². The van der Waals surface area contributed by atoms with Gasteiger partial charge in [-0.05, 0) is 24.3 Å². The van der Waals surface area contributed by atoms with Gasteiger partial charge in [0.1, 0.15) is 6.54 Å². The highest BCUT2D eigenvalue weighted by Gasteiger charge is 2.28. The third-order valence-electron chi connectivity index (χ3n) is 5.39. The summed E-state index contributed by atoms with van der Waals surface area (Å²) in [5.41, 5.74) is -0.269. The largest absolute Gasteiger partial charge is 0.352 e. The van der Waals surface area contributed by atoms with Gasteiger partial charge < -0.3 is 5.32 Å². The van der Waals surface area contributed by atoms with E-state index in [9.17, 15) is 19.7 Å². The molecule has 0 spiro atoms. The molecule has 0 bridgehead atoms. The van der Waals surface area contributed by atoms with E-state index in [1.807, 2.05) is 0 Å². The van der Waals surface area contributed by atoms with Crippen LogP contribution in [0.1, 0.15) is 33.1 Å². The summed E-state index contributed by atoms with van der Waals surface area (Å²) in [5, 5.41) is 14.1. The number of nitrogens with zero attached hydrogens (tertiary/aromatic N) is 3. The zero-order chi connectivity index (χ0) is 18.8. The van der Waals surface area contributed by atoms with E-state index in [0.29, 0.717) is 17.4 Å². The van der Waals surface area contributed by atoms with Crippen molar-refractivity contribution >= 4 is 22.5 Å². The molecule has 1 aliphatic carbocycles. The van der Waals surface area contributed by atoms with E-state index in [2.05, 4.69) is 24.1 Å². The van der Waals surface area contributed by atoms with Crippen molar-refractivity contribution < 1.29 is 9.72 Å². The topological polar surface area (TPSA) is 107 Å². The highest BCUT2D eigenvalue weighted by Crippen LogP contribution is 2.29. The standard InChI is InChI=1S/C18H22N4O4/c1-11-4-3-5-15(12(11)2)20-17(23)9-21-10-19-16-7-6-13(22(25)26)8-14(16)18(21)24/h6-8,10-12,15H,3-5,9H2,1-2H3,(H,20,23). The molecule has 0 saturated heterocycles. The minimum atomic E-state index is -0.561. The summed E-state index contributed by atoms with van der Waals surface area (Å²) >= 11 is 0. The molecule has 3 atom stereocenters. The number of carbonyl (C=O) groups excluding carboxylic acids is 1. The number of nitrogens with one attached hydrogen (secondary N) is 1. The molecule has 1 N–H and O–H groups in total. The van der Waals surface area contributed by atoms with E-state index in [0.717, 1.165) is 12.8 Å². The monoisotopic (exact) mass is 358 g/mol. The molecular weight excluding hydrogens is 336 g/mol. The number of nitro benzene ring substituents is 1. The van der Waals surface area contributed by atoms with Crippen LogP contribution in [0.3, 0.4) is 0 Å². The third kappa shape index (κ3) is 3.58. The van der Waals surface area contributed by atoms with Crippen LogP contribution in [0, 0.1) is 22.0 Å². The molecule has 8 heteroatoms. The van der Waals surface area contributed by atoms with Gasteiger partial charge >= 0.3 is 0 Å². The van der Waals surface area contributed by atoms with Gasteiger partial charge in [0.05, 0.1) is 22.2 Å². The number of fused-ring (bicyclic) bond motifs is 1. The summed E-state index contributed by atoms with van der Waals surface area (Å²) in [5.74, 6) is 0.700. The van der Waals surface area contributed by atoms with Crippen LogP contribution in [0.15, 0.2) is 29.3 Å². The van der Waals surface area contributed by atoms with Crippen molar-refractivity contribution in [3.05, 3.63) is 45.0 Å². The van der Waals surface area contributed by atoms with Gasteiger partial charge in [0.15, 0.2) is 0 Å². The van der Waals surface area contributed by atoms with Crippen LogP contribution < -0.4 is 10.9 Å². The Kier molecular flexibility index (Phi) is 5.01. The Balaban J connectivity index is 1.80. The number of nitro groups is 1. The predicted molar refractivity (Wildman–Crippen MR) is 96.8 cm³/mol. The second-order valence-electron chi connectivity index (χ2n) is 7.08. The maximum Gasteiger partial charge on any atom is 0.270 e. The number of amides is 1. The van der Waals surface area contributed by atoms with Crippen LogP contribution >= 0.6 is 0 Å². The van der Waals surface area contributed by atoms with E-state index in [-0.39, 0.29) is 29.6 Å². The summed E-state index contributed by atoms with van der Waals surface area (Å²) < 4.78 is 1.19. The summed E-state index contributed by atoms with van der Waals surface area (Å²) in [4.78, 5) is 39.4. The fourth-order valence-corrected chi connectivity index (χ4v) is 3.57. The first-order valence-electron chi connectivity index (χ1n) is 8.79. The Morgan fingerprint density at radius 1 is 1.38 bits per heavy atom. The lowest BCUT2D eigenvalue weighted by molar-refractivity contribution is -0.384. The Morgan fingerprint density at radius 3 is 2.88 bits per heavy atom. The van der Waals surface area contributed by atoms with E-state index >= 15 is 0 Å². The molecule has 26 heavy (non-hydrogen) atoms. The Hall–Kier alpha value is -2.77. The van der Waals surface area contributed by atoms with Gasteiger partial charge in [-0.2, -0.15) is 0 Å². The average Bonchev–Trinajstić information content (AvgIpc) is 2.61. The van der Waals surface area contributed by atoms with Crippen LogP contribution in [0.25, 0.3) is 10.9 Å². The van der Waals surface area contributed by atoms with Crippen LogP contribution in [0.4, 0.5) is 5.69 Å². The molecule has 3 unspecified atom stereocenters. The molecule has 8 nitrogen and oxygen atoms in total. The number of aromatic nitrogens is 2. The molecule has 2 aromatic rings. The highest BCUT2D eigenvalue weighted by atomic mass is 16.6. The fourth-order valence-electron chi connectivity index (χ4n) is 3.57. The lowest BCUT2D eigenvalue weighted by Crippen LogP contribution is -2.45. The quantitative estimate of drug-likeness (QED) is 0.666. The van der Waals surface area contributed by atoms with Gasteiger partial charge in [0.2, 0.25) is 5.91 Å². The zero-order valence-electron chi connectivity index (χ0n) is 14.8. The number of benzene rings is 1. The molecule has 1 heterocycles. The molecule has 1 aliphatic rings. The second-order valence-corrected chi connectivity index (χ2v) is 7.08. The van der Waals surface area contributed by atoms with E-state index in [4.69, 9.17) is 0 Å². The number of hydrogen-bond donors (Lipinski definition) is 1. The number of non-ortho nitro benzene ring substituents is 1. The van der Waals surface area contributed by atoms with Crippen molar-refractivity contribution in [1.29, 1.82) is 0 Å². The SMILES string of the molecule is CC1CCCC(NC(=O)Cn2cnc3ccc([N+](=O)[O-])cc3c2=O)C1C. The highest BCUT2D eigenvalue weighted by molar-refractivity contribution is 5.81. The minimum absolute atomic E-state index is 0.108. The molecule has 1 fully saturated rings. The van der Waals surface area contributed by atoms with Crippen molar-refractivity contribution in [1.82, 2.24) is 14.9 Å². The molecule has 1 aromatic heterocycles. The number of rotatable bonds is 4. The van der Waals surface area contributed by atoms with Crippen LogP contribution in [0.2, 0.25) is 0 Å². The molecule has 0 radical (unpaired) electrons. The number of carbonyl (C=O) groups is 1. The minimum Gasteiger partial charge on any atom is -0.352 e. The maximum atomic E-state index is 12.6. The summed E-state index contributed by atoms with van der Waals surface area (Å²) in [6.07, 6.45) is 4.50. The number of hydrogen-bond acceptors (Lipinski definition) is 5. The lowest BCUT2D eigenvalue weighted by Gasteiger charge is -2.34. The smallest absolute Gasteiger partial charge is 0.270 e. The normalized spacial score (nSPS) is 22.9. The summed E-state index contributed by atoms with van der Waals surface area (Å²) in [6, 6.07) is 4.04. The van der Waals surface area contributed by atoms with Crippen molar-refractivity contribution in [3.63, 3.8) is 0 Å². The summed E-state index contributed by atoms with van der Waals surface area (Å²) in [6.45, 7) is 4.17. The first-order valence-corrected chi connectivity index (χ1v) is 8.79. The molecule has 138 valence electrons. The Labute approximate surface area is 150 Å². The maximum absolute atomic E-state index is 12.6. The van der Waals surface area contributed by atoms with Gasteiger partial charge in [-0.3, -0.25) is 24.3 Å². The van der Waals surface area contributed by atoms with E-state index < -0.39 is 10.5 Å². The third-order valence-corrected chi connectivity index (χ3v) is 5.39. The van der Waals surface area contributed by atoms with E-state index in [1.54, 1.807) is 0 Å². The van der Waals surface area contributed by atoms with Gasteiger partial charge in [0, 0.05) is 18.2 Å². The van der Waals surface area contributed by atoms with Crippen LogP contribution in [-0.4, -0.2) is 26.4 Å². The fraction of sp³-hybridized carbons (Fsp3) is 0.500. The van der Waals surface area contributed by atoms with Crippen LogP contribution in [0.5, 0.6) is 0 Å². The average molecular weight is 358 g/mol. The first-order chi connectivity index (χ1) is 12.4. The Morgan fingerprint density at radius 2 is 2.15 bits per heavy atom. The molecule has 0 aliphatic heterocycles. The van der Waals surface area contributed by atoms with Gasteiger partial charge in [-0.1, -0.05) is 26.7 Å². The van der Waals surface area contributed by atoms with Crippen LogP contribution in [-0.2, 0) is 11.3 Å². The van der Waals surface area contributed by atoms with Crippen molar-refractivity contribution in [3.8, 4) is 0 Å². The molecule has 1 saturated carbocycles. The first kappa shape index (κ1) is 18.0. The molecule has 3 rings (SSSR count). The zero-order valence-corrected chi connectivity index (χ0v) is 14.8. The molecular formula is C18H22N4O4. The molecule has 1 amide bonds. The summed E-state index contributed by atoms with van der Waals surface area (Å²) in [7, 11) is 0. The Bertz CT molecular complexity index is 908. The lowest BCUT2D eigenvalue weighted by atomic mass is 9.78. The second kappa shape index (κ2) is 7.23. The van der Waals surface area contributed by atoms with Gasteiger partial charge in [0.25, 0.3) is 11.2 Å². The van der Waals surface area contributed by atoms with Crippen molar-refractivity contribution in [2.45, 2.75) is 45.7 Å². The van der Waals surface area contributed by atoms with Crippen molar-refractivity contribution in [2.75, 3.05) is 0 Å². The molecule has 1 aromatic carbocycles. The van der Waals surface area contributed by atoms with Crippen molar-refractivity contribution in [2.24, 2.45) is 11.8 Å². The van der Waals surface area contributed by atoms with Gasteiger partial charge in [-0.15, -0.1) is 0 Å². The predicted octanol–water partition coefficient (Wildman–Crippen LogP) is 2.25. The van der Waals surface area contributed by atoms with Gasteiger partial charge in [-0.25, -0.2) is 4.98 Å².